The molecule has 2 rings (SSSR count). The molecular formula is C12H9N3O7S. The minimum Gasteiger partial charge on any atom is -0.508 e. The summed E-state index contributed by atoms with van der Waals surface area (Å²) >= 11 is 0. The van der Waals surface area contributed by atoms with Crippen LogP contribution in [0.15, 0.2) is 51.5 Å². The van der Waals surface area contributed by atoms with Crippen molar-refractivity contribution in [2.75, 3.05) is 0 Å². The summed E-state index contributed by atoms with van der Waals surface area (Å²) in [7, 11) is -4.89. The van der Waals surface area contributed by atoms with Gasteiger partial charge in [0.15, 0.2) is 5.75 Å². The molecule has 0 aromatic heterocycles. The predicted octanol–water partition coefficient (Wildman–Crippen LogP) is 2.67. The van der Waals surface area contributed by atoms with Crippen molar-refractivity contribution in [3.8, 4) is 11.5 Å². The van der Waals surface area contributed by atoms with Gasteiger partial charge >= 0.3 is 0 Å². The van der Waals surface area contributed by atoms with E-state index in [-0.39, 0.29) is 11.4 Å². The minimum atomic E-state index is -4.89. The van der Waals surface area contributed by atoms with Crippen molar-refractivity contribution in [1.82, 2.24) is 0 Å². The van der Waals surface area contributed by atoms with Gasteiger partial charge in [-0.15, -0.1) is 5.11 Å². The lowest BCUT2D eigenvalue weighted by molar-refractivity contribution is -0.385. The molecule has 0 heterocycles. The summed E-state index contributed by atoms with van der Waals surface area (Å²) in [6, 6.07) is 6.67. The van der Waals surface area contributed by atoms with Gasteiger partial charge < -0.3 is 10.2 Å². The van der Waals surface area contributed by atoms with Gasteiger partial charge in [0.25, 0.3) is 15.8 Å². The highest BCUT2D eigenvalue weighted by atomic mass is 32.2. The highest BCUT2D eigenvalue weighted by Gasteiger charge is 2.24. The maximum absolute atomic E-state index is 11.2. The van der Waals surface area contributed by atoms with Crippen LogP contribution in [0, 0.1) is 10.1 Å². The van der Waals surface area contributed by atoms with Crippen LogP contribution in [0.2, 0.25) is 0 Å². The van der Waals surface area contributed by atoms with Gasteiger partial charge in [0.05, 0.1) is 10.6 Å². The molecule has 3 N–H and O–H groups in total. The third-order valence-electron chi connectivity index (χ3n) is 2.65. The van der Waals surface area contributed by atoms with Crippen molar-refractivity contribution in [2.45, 2.75) is 4.90 Å². The van der Waals surface area contributed by atoms with E-state index in [1.165, 1.54) is 24.3 Å². The molecular weight excluding hydrogens is 330 g/mol. The maximum atomic E-state index is 11.2. The highest BCUT2D eigenvalue weighted by Crippen LogP contribution is 2.38. The van der Waals surface area contributed by atoms with E-state index >= 15 is 0 Å². The van der Waals surface area contributed by atoms with E-state index in [2.05, 4.69) is 10.2 Å². The van der Waals surface area contributed by atoms with Crippen LogP contribution in [0.5, 0.6) is 11.5 Å². The quantitative estimate of drug-likeness (QED) is 0.333. The lowest BCUT2D eigenvalue weighted by Gasteiger charge is -2.04. The Morgan fingerprint density at radius 1 is 1.04 bits per heavy atom. The van der Waals surface area contributed by atoms with Crippen molar-refractivity contribution in [1.29, 1.82) is 0 Å². The summed E-state index contributed by atoms with van der Waals surface area (Å²) in [5.41, 5.74) is -0.975. The van der Waals surface area contributed by atoms with Crippen molar-refractivity contribution in [3.05, 3.63) is 46.5 Å². The van der Waals surface area contributed by atoms with Crippen LogP contribution in [0.1, 0.15) is 0 Å². The van der Waals surface area contributed by atoms with Gasteiger partial charge in [0, 0.05) is 12.1 Å². The number of nitro benzene ring substituents is 1. The molecule has 10 nitrogen and oxygen atoms in total. The number of hydrogen-bond donors (Lipinski definition) is 3. The monoisotopic (exact) mass is 339 g/mol. The second-order valence-corrected chi connectivity index (χ2v) is 5.65. The first kappa shape index (κ1) is 16.3. The molecule has 120 valence electrons. The summed E-state index contributed by atoms with van der Waals surface area (Å²) in [4.78, 5) is 8.84. The number of phenols is 2. The van der Waals surface area contributed by atoms with Gasteiger partial charge in [-0.3, -0.25) is 14.7 Å². The van der Waals surface area contributed by atoms with Crippen LogP contribution < -0.4 is 0 Å². The van der Waals surface area contributed by atoms with E-state index in [1.807, 2.05) is 0 Å². The van der Waals surface area contributed by atoms with Crippen LogP contribution in [0.3, 0.4) is 0 Å². The fourth-order valence-electron chi connectivity index (χ4n) is 1.59. The van der Waals surface area contributed by atoms with Crippen molar-refractivity contribution >= 4 is 27.2 Å². The molecule has 0 amide bonds. The number of nitro groups is 1. The number of aromatic hydroxyl groups is 2. The molecule has 0 spiro atoms. The van der Waals surface area contributed by atoms with Gasteiger partial charge in [-0.1, -0.05) is 0 Å². The number of non-ortho nitro benzene ring substituents is 1. The fraction of sp³-hybridized carbons (Fsp3) is 0. The summed E-state index contributed by atoms with van der Waals surface area (Å²) in [5, 5.41) is 36.9. The number of phenolic OH excluding ortho intramolecular Hbond substituents is 2. The third kappa shape index (κ3) is 3.78. The lowest BCUT2D eigenvalue weighted by Crippen LogP contribution is -2.00. The molecule has 0 atom stereocenters. The van der Waals surface area contributed by atoms with Gasteiger partial charge in [0.2, 0.25) is 0 Å². The molecule has 0 unspecified atom stereocenters. The first-order chi connectivity index (χ1) is 10.7. The normalized spacial score (nSPS) is 11.7. The number of nitrogens with zero attached hydrogens (tertiary/aromatic N) is 3. The Kier molecular flexibility index (Phi) is 4.24. The SMILES string of the molecule is O=[N+]([O-])c1cc(N=Nc2ccc(O)cc2)c(O)c(S(=O)(=O)O)c1. The first-order valence-corrected chi connectivity index (χ1v) is 7.32. The Morgan fingerprint density at radius 2 is 1.65 bits per heavy atom. The van der Waals surface area contributed by atoms with Gasteiger partial charge in [0.1, 0.15) is 16.3 Å². The molecule has 0 radical (unpaired) electrons. The summed E-state index contributed by atoms with van der Waals surface area (Å²) in [6.07, 6.45) is 0. The maximum Gasteiger partial charge on any atom is 0.298 e. The van der Waals surface area contributed by atoms with E-state index in [4.69, 9.17) is 9.66 Å². The van der Waals surface area contributed by atoms with Crippen LogP contribution in [0.25, 0.3) is 0 Å². The highest BCUT2D eigenvalue weighted by molar-refractivity contribution is 7.86. The predicted molar refractivity (Wildman–Crippen MR) is 76.9 cm³/mol. The molecule has 0 aliphatic heterocycles. The average Bonchev–Trinajstić information content (AvgIpc) is 2.46. The van der Waals surface area contributed by atoms with E-state index in [1.54, 1.807) is 0 Å². The van der Waals surface area contributed by atoms with Gasteiger partial charge in [-0.2, -0.15) is 13.5 Å². The molecule has 0 bridgehead atoms. The summed E-state index contributed by atoms with van der Waals surface area (Å²) in [5.74, 6) is -0.989. The second kappa shape index (κ2) is 5.98. The Morgan fingerprint density at radius 3 is 2.17 bits per heavy atom. The molecule has 0 aliphatic rings. The van der Waals surface area contributed by atoms with Crippen molar-refractivity contribution in [3.63, 3.8) is 0 Å². The van der Waals surface area contributed by atoms with Gasteiger partial charge in [-0.05, 0) is 24.3 Å². The van der Waals surface area contributed by atoms with Crippen LogP contribution in [-0.4, -0.2) is 28.1 Å². The Bertz CT molecular complexity index is 892. The largest absolute Gasteiger partial charge is 0.508 e. The first-order valence-electron chi connectivity index (χ1n) is 5.88. The summed E-state index contributed by atoms with van der Waals surface area (Å²) in [6.45, 7) is 0. The van der Waals surface area contributed by atoms with E-state index in [9.17, 15) is 23.6 Å². The number of hydrogen-bond acceptors (Lipinski definition) is 8. The van der Waals surface area contributed by atoms with Crippen molar-refractivity contribution < 1.29 is 28.1 Å². The average molecular weight is 339 g/mol. The molecule has 0 fully saturated rings. The standard InChI is InChI=1S/C12H9N3O7S/c16-9-3-1-7(2-4-9)13-14-10-5-8(15(18)19)6-11(12(10)17)23(20,21)22/h1-6,16-17H,(H,20,21,22). The minimum absolute atomic E-state index is 0.0178. The third-order valence-corrected chi connectivity index (χ3v) is 3.52. The number of rotatable bonds is 4. The molecule has 23 heavy (non-hydrogen) atoms. The second-order valence-electron chi connectivity index (χ2n) is 4.26. The summed E-state index contributed by atoms with van der Waals surface area (Å²) < 4.78 is 31.3. The Hall–Kier alpha value is -3.05. The zero-order chi connectivity index (χ0) is 17.2. The van der Waals surface area contributed by atoms with Crippen molar-refractivity contribution in [2.24, 2.45) is 10.2 Å². The van der Waals surface area contributed by atoms with Crippen LogP contribution >= 0.6 is 0 Å². The van der Waals surface area contributed by atoms with Gasteiger partial charge in [-0.25, -0.2) is 0 Å². The number of benzene rings is 2. The Labute approximate surface area is 129 Å². The lowest BCUT2D eigenvalue weighted by atomic mass is 10.2. The topological polar surface area (TPSA) is 163 Å². The molecule has 0 aliphatic carbocycles. The van der Waals surface area contributed by atoms with Crippen LogP contribution in [-0.2, 0) is 10.1 Å². The molecule has 2 aromatic carbocycles. The molecule has 11 heteroatoms. The number of azo groups is 1. The smallest absolute Gasteiger partial charge is 0.298 e. The Balaban J connectivity index is 2.55. The van der Waals surface area contributed by atoms with E-state index < -0.39 is 37.1 Å². The zero-order valence-electron chi connectivity index (χ0n) is 11.2. The molecule has 2 aromatic rings. The van der Waals surface area contributed by atoms with Crippen LogP contribution in [0.4, 0.5) is 17.1 Å². The molecule has 0 saturated carbocycles. The van der Waals surface area contributed by atoms with E-state index in [0.717, 1.165) is 6.07 Å². The van der Waals surface area contributed by atoms with E-state index in [0.29, 0.717) is 6.07 Å². The molecule has 0 saturated heterocycles. The zero-order valence-corrected chi connectivity index (χ0v) is 12.0. The fourth-order valence-corrected chi connectivity index (χ4v) is 2.21.